The van der Waals surface area contributed by atoms with Gasteiger partial charge in [-0.2, -0.15) is 0 Å². The second-order valence-corrected chi connectivity index (χ2v) is 7.46. The van der Waals surface area contributed by atoms with E-state index in [0.717, 1.165) is 38.8 Å². The van der Waals surface area contributed by atoms with E-state index < -0.39 is 5.41 Å². The molecule has 0 spiro atoms. The van der Waals surface area contributed by atoms with Gasteiger partial charge in [-0.1, -0.05) is 36.4 Å². The zero-order chi connectivity index (χ0) is 19.1. The highest BCUT2D eigenvalue weighted by atomic mass is 16.2. The summed E-state index contributed by atoms with van der Waals surface area (Å²) in [6, 6.07) is 20.4. The molecule has 1 aliphatic heterocycles. The quantitative estimate of drug-likeness (QED) is 0.570. The molecule has 4 aromatic rings. The fourth-order valence-corrected chi connectivity index (χ4v) is 4.09. The Bertz CT molecular complexity index is 1200. The highest BCUT2D eigenvalue weighted by Gasteiger charge is 2.42. The minimum Gasteiger partial charge on any atom is -0.325 e. The molecule has 2 aromatic carbocycles. The van der Waals surface area contributed by atoms with E-state index in [9.17, 15) is 4.79 Å². The van der Waals surface area contributed by atoms with E-state index in [1.54, 1.807) is 18.6 Å². The molecule has 4 nitrogen and oxygen atoms in total. The van der Waals surface area contributed by atoms with Gasteiger partial charge in [0.2, 0.25) is 5.91 Å². The van der Waals surface area contributed by atoms with E-state index in [2.05, 4.69) is 39.6 Å². The van der Waals surface area contributed by atoms with Crippen molar-refractivity contribution < 1.29 is 4.79 Å². The van der Waals surface area contributed by atoms with Crippen molar-refractivity contribution in [2.45, 2.75) is 18.8 Å². The molecule has 1 amide bonds. The second kappa shape index (κ2) is 6.27. The molecule has 0 fully saturated rings. The maximum Gasteiger partial charge on any atom is 0.235 e. The fraction of sp³-hybridized carbons (Fsp3) is 0.125. The van der Waals surface area contributed by atoms with Crippen LogP contribution in [-0.2, 0) is 16.6 Å². The molecule has 2 aromatic heterocycles. The van der Waals surface area contributed by atoms with Gasteiger partial charge in [0.1, 0.15) is 0 Å². The Balaban J connectivity index is 1.64. The molecule has 1 N–H and O–H groups in total. The first kappa shape index (κ1) is 16.6. The predicted octanol–water partition coefficient (Wildman–Crippen LogP) is 4.75. The molecule has 0 saturated carbocycles. The highest BCUT2D eigenvalue weighted by Crippen LogP contribution is 2.42. The van der Waals surface area contributed by atoms with Gasteiger partial charge in [-0.3, -0.25) is 14.8 Å². The van der Waals surface area contributed by atoms with Crippen LogP contribution in [0.4, 0.5) is 5.69 Å². The summed E-state index contributed by atoms with van der Waals surface area (Å²) in [5.41, 5.74) is 5.52. The Kier molecular flexibility index (Phi) is 3.72. The summed E-state index contributed by atoms with van der Waals surface area (Å²) >= 11 is 0. The van der Waals surface area contributed by atoms with E-state index in [1.807, 2.05) is 43.3 Å². The van der Waals surface area contributed by atoms with Gasteiger partial charge in [0.15, 0.2) is 0 Å². The Morgan fingerprint density at radius 1 is 1.00 bits per heavy atom. The second-order valence-electron chi connectivity index (χ2n) is 7.46. The number of carbonyl (C=O) groups excluding carboxylic acids is 1. The van der Waals surface area contributed by atoms with E-state index in [-0.39, 0.29) is 5.91 Å². The van der Waals surface area contributed by atoms with Crippen molar-refractivity contribution in [2.24, 2.45) is 0 Å². The van der Waals surface area contributed by atoms with Gasteiger partial charge in [0, 0.05) is 23.5 Å². The fourth-order valence-electron chi connectivity index (χ4n) is 4.09. The van der Waals surface area contributed by atoms with Crippen LogP contribution in [0.15, 0.2) is 79.3 Å². The summed E-state index contributed by atoms with van der Waals surface area (Å²) in [4.78, 5) is 21.5. The molecule has 0 saturated heterocycles. The van der Waals surface area contributed by atoms with Crippen LogP contribution in [-0.4, -0.2) is 15.9 Å². The maximum atomic E-state index is 12.9. The molecule has 1 atom stereocenters. The van der Waals surface area contributed by atoms with Crippen molar-refractivity contribution in [1.82, 2.24) is 9.97 Å². The molecular weight excluding hydrogens is 346 g/mol. The number of pyridine rings is 2. The lowest BCUT2D eigenvalue weighted by atomic mass is 9.77. The molecule has 4 heteroatoms. The number of anilines is 1. The van der Waals surface area contributed by atoms with E-state index in [4.69, 9.17) is 0 Å². The molecule has 28 heavy (non-hydrogen) atoms. The number of hydrogen-bond donors (Lipinski definition) is 1. The largest absolute Gasteiger partial charge is 0.325 e. The Morgan fingerprint density at radius 2 is 1.86 bits per heavy atom. The third-order valence-corrected chi connectivity index (χ3v) is 5.62. The number of amides is 1. The molecule has 1 unspecified atom stereocenters. The van der Waals surface area contributed by atoms with Crippen LogP contribution in [0.25, 0.3) is 22.0 Å². The van der Waals surface area contributed by atoms with E-state index >= 15 is 0 Å². The van der Waals surface area contributed by atoms with Crippen molar-refractivity contribution in [3.8, 4) is 11.1 Å². The SMILES string of the molecule is CC1(Cc2ccccc2)C(=O)Nc2ccc(-c3ccnc4cnccc34)cc21. The molecular formula is C24H19N3O. The lowest BCUT2D eigenvalue weighted by molar-refractivity contribution is -0.120. The average Bonchev–Trinajstić information content (AvgIpc) is 2.98. The van der Waals surface area contributed by atoms with Crippen molar-refractivity contribution in [3.05, 3.63) is 90.4 Å². The van der Waals surface area contributed by atoms with Crippen LogP contribution in [0, 0.1) is 0 Å². The summed E-state index contributed by atoms with van der Waals surface area (Å²) in [6.45, 7) is 2.03. The zero-order valence-electron chi connectivity index (χ0n) is 15.5. The van der Waals surface area contributed by atoms with Crippen LogP contribution in [0.1, 0.15) is 18.1 Å². The first-order valence-electron chi connectivity index (χ1n) is 9.34. The number of nitrogens with zero attached hydrogens (tertiary/aromatic N) is 2. The molecule has 0 bridgehead atoms. The van der Waals surface area contributed by atoms with Gasteiger partial charge >= 0.3 is 0 Å². The zero-order valence-corrected chi connectivity index (χ0v) is 15.5. The Morgan fingerprint density at radius 3 is 2.71 bits per heavy atom. The first-order valence-corrected chi connectivity index (χ1v) is 9.34. The third-order valence-electron chi connectivity index (χ3n) is 5.62. The van der Waals surface area contributed by atoms with Crippen molar-refractivity contribution in [3.63, 3.8) is 0 Å². The molecule has 0 radical (unpaired) electrons. The first-order chi connectivity index (χ1) is 13.6. The number of fused-ring (bicyclic) bond motifs is 2. The summed E-state index contributed by atoms with van der Waals surface area (Å²) in [6.07, 6.45) is 6.03. The van der Waals surface area contributed by atoms with Crippen molar-refractivity contribution in [1.29, 1.82) is 0 Å². The van der Waals surface area contributed by atoms with Gasteiger partial charge in [-0.25, -0.2) is 0 Å². The predicted molar refractivity (Wildman–Crippen MR) is 111 cm³/mol. The summed E-state index contributed by atoms with van der Waals surface area (Å²) in [7, 11) is 0. The van der Waals surface area contributed by atoms with Crippen molar-refractivity contribution in [2.75, 3.05) is 5.32 Å². The number of rotatable bonds is 3. The molecule has 5 rings (SSSR count). The summed E-state index contributed by atoms with van der Waals surface area (Å²) in [5, 5.41) is 4.12. The third kappa shape index (κ3) is 2.57. The van der Waals surface area contributed by atoms with Crippen LogP contribution >= 0.6 is 0 Å². The average molecular weight is 365 g/mol. The topological polar surface area (TPSA) is 54.9 Å². The highest BCUT2D eigenvalue weighted by molar-refractivity contribution is 6.07. The van der Waals surface area contributed by atoms with E-state index in [1.165, 1.54) is 0 Å². The van der Waals surface area contributed by atoms with Crippen molar-refractivity contribution >= 4 is 22.5 Å². The number of nitrogens with one attached hydrogen (secondary N) is 1. The normalized spacial score (nSPS) is 18.1. The van der Waals surface area contributed by atoms with Gasteiger partial charge in [0.05, 0.1) is 17.1 Å². The smallest absolute Gasteiger partial charge is 0.235 e. The van der Waals surface area contributed by atoms with Gasteiger partial charge < -0.3 is 5.32 Å². The lowest BCUT2D eigenvalue weighted by Crippen LogP contribution is -2.33. The minimum absolute atomic E-state index is 0.0484. The summed E-state index contributed by atoms with van der Waals surface area (Å²) in [5.74, 6) is 0.0484. The van der Waals surface area contributed by atoms with Crippen LogP contribution < -0.4 is 5.32 Å². The minimum atomic E-state index is -0.600. The van der Waals surface area contributed by atoms with E-state index in [0.29, 0.717) is 6.42 Å². The standard InChI is InChI=1S/C24H19N3O/c1-24(14-16-5-3-2-4-6-16)20-13-17(7-8-21(20)27-23(24)28)18-10-12-26-22-15-25-11-9-19(18)22/h2-13,15H,14H2,1H3,(H,27,28). The monoisotopic (exact) mass is 365 g/mol. The van der Waals surface area contributed by atoms with Gasteiger partial charge in [-0.05, 0) is 59.9 Å². The van der Waals surface area contributed by atoms with Gasteiger partial charge in [0.25, 0.3) is 0 Å². The molecule has 3 heterocycles. The molecule has 1 aliphatic rings. The summed E-state index contributed by atoms with van der Waals surface area (Å²) < 4.78 is 0. The van der Waals surface area contributed by atoms with Crippen LogP contribution in [0.5, 0.6) is 0 Å². The number of benzene rings is 2. The Hall–Kier alpha value is -3.53. The lowest BCUT2D eigenvalue weighted by Gasteiger charge is -2.23. The molecule has 136 valence electrons. The van der Waals surface area contributed by atoms with Gasteiger partial charge in [-0.15, -0.1) is 0 Å². The van der Waals surface area contributed by atoms with Crippen LogP contribution in [0.2, 0.25) is 0 Å². The Labute approximate surface area is 163 Å². The number of hydrogen-bond acceptors (Lipinski definition) is 3. The van der Waals surface area contributed by atoms with Crippen LogP contribution in [0.3, 0.4) is 0 Å². The number of aromatic nitrogens is 2. The maximum absolute atomic E-state index is 12.9. The molecule has 0 aliphatic carbocycles. The number of carbonyl (C=O) groups is 1.